The van der Waals surface area contributed by atoms with Gasteiger partial charge < -0.3 is 9.84 Å². The molecule has 1 N–H and O–H groups in total. The molecule has 4 nitrogen and oxygen atoms in total. The van der Waals surface area contributed by atoms with Gasteiger partial charge in [-0.3, -0.25) is 0 Å². The highest BCUT2D eigenvalue weighted by Gasteiger charge is 2.13. The predicted molar refractivity (Wildman–Crippen MR) is 65.0 cm³/mol. The summed E-state index contributed by atoms with van der Waals surface area (Å²) in [4.78, 5) is 0. The zero-order chi connectivity index (χ0) is 12.1. The van der Waals surface area contributed by atoms with Gasteiger partial charge in [0.05, 0.1) is 17.5 Å². The summed E-state index contributed by atoms with van der Waals surface area (Å²) in [6.45, 7) is 0.529. The third-order valence-corrected chi connectivity index (χ3v) is 2.61. The molecule has 1 aromatic heterocycles. The van der Waals surface area contributed by atoms with Crippen molar-refractivity contribution < 1.29 is 9.84 Å². The average molecular weight is 232 g/mol. The molecular weight excluding hydrogens is 216 g/mol. The minimum absolute atomic E-state index is 0.529. The van der Waals surface area contributed by atoms with E-state index in [1.807, 2.05) is 36.4 Å². The third kappa shape index (κ3) is 2.72. The number of ether oxygens (including phenoxy) is 1. The topological polar surface area (TPSA) is 47.3 Å². The Morgan fingerprint density at radius 2 is 2.06 bits per heavy atom. The molecule has 0 aliphatic carbocycles. The van der Waals surface area contributed by atoms with Gasteiger partial charge in [-0.15, -0.1) is 0 Å². The number of benzene rings is 1. The first-order chi connectivity index (χ1) is 8.33. The Balaban J connectivity index is 2.23. The highest BCUT2D eigenvalue weighted by atomic mass is 16.5. The number of aromatic nitrogens is 2. The van der Waals surface area contributed by atoms with Crippen LogP contribution in [0.3, 0.4) is 0 Å². The molecule has 0 aliphatic rings. The molecule has 0 bridgehead atoms. The Bertz CT molecular complexity index is 453. The van der Waals surface area contributed by atoms with Crippen molar-refractivity contribution in [2.45, 2.75) is 12.5 Å². The maximum Gasteiger partial charge on any atom is 0.0983 e. The minimum atomic E-state index is -0.558. The molecule has 4 heteroatoms. The number of nitrogens with zero attached hydrogens (tertiary/aromatic N) is 2. The van der Waals surface area contributed by atoms with Crippen molar-refractivity contribution >= 4 is 0 Å². The fourth-order valence-electron chi connectivity index (χ4n) is 1.73. The molecule has 0 aliphatic heterocycles. The van der Waals surface area contributed by atoms with Crippen molar-refractivity contribution in [1.29, 1.82) is 0 Å². The Labute approximate surface area is 100 Å². The van der Waals surface area contributed by atoms with Gasteiger partial charge in [-0.05, 0) is 18.2 Å². The van der Waals surface area contributed by atoms with Crippen molar-refractivity contribution in [3.05, 3.63) is 48.3 Å². The Hall–Kier alpha value is -1.65. The van der Waals surface area contributed by atoms with E-state index in [2.05, 4.69) is 5.10 Å². The summed E-state index contributed by atoms with van der Waals surface area (Å²) in [5.41, 5.74) is 1.73. The summed E-state index contributed by atoms with van der Waals surface area (Å²) in [7, 11) is 1.63. The smallest absolute Gasteiger partial charge is 0.0983 e. The van der Waals surface area contributed by atoms with Crippen LogP contribution < -0.4 is 0 Å². The van der Waals surface area contributed by atoms with Gasteiger partial charge >= 0.3 is 0 Å². The molecule has 0 amide bonds. The molecular formula is C13H16N2O2. The minimum Gasteiger partial charge on any atom is -0.387 e. The molecule has 2 rings (SSSR count). The van der Waals surface area contributed by atoms with Crippen molar-refractivity contribution in [3.8, 4) is 5.69 Å². The number of para-hydroxylation sites is 1. The van der Waals surface area contributed by atoms with Crippen molar-refractivity contribution in [1.82, 2.24) is 9.78 Å². The van der Waals surface area contributed by atoms with Gasteiger partial charge in [0.25, 0.3) is 0 Å². The normalized spacial score (nSPS) is 12.6. The maximum atomic E-state index is 10.0. The summed E-state index contributed by atoms with van der Waals surface area (Å²) >= 11 is 0. The molecule has 0 fully saturated rings. The number of rotatable bonds is 5. The van der Waals surface area contributed by atoms with E-state index < -0.39 is 6.10 Å². The van der Waals surface area contributed by atoms with Gasteiger partial charge in [-0.25, -0.2) is 4.68 Å². The largest absolute Gasteiger partial charge is 0.387 e. The van der Waals surface area contributed by atoms with Crippen LogP contribution in [-0.4, -0.2) is 28.6 Å². The summed E-state index contributed by atoms with van der Waals surface area (Å²) in [6, 6.07) is 11.6. The summed E-state index contributed by atoms with van der Waals surface area (Å²) in [5.74, 6) is 0. The van der Waals surface area contributed by atoms with Crippen LogP contribution in [0.25, 0.3) is 5.69 Å². The van der Waals surface area contributed by atoms with Gasteiger partial charge in [-0.1, -0.05) is 18.2 Å². The number of aliphatic hydroxyl groups excluding tert-OH is 1. The van der Waals surface area contributed by atoms with Crippen LogP contribution >= 0.6 is 0 Å². The molecule has 0 spiro atoms. The van der Waals surface area contributed by atoms with E-state index >= 15 is 0 Å². The zero-order valence-corrected chi connectivity index (χ0v) is 9.78. The van der Waals surface area contributed by atoms with Crippen molar-refractivity contribution in [2.24, 2.45) is 0 Å². The lowest BCUT2D eigenvalue weighted by atomic mass is 10.2. The molecule has 90 valence electrons. The van der Waals surface area contributed by atoms with Crippen LogP contribution in [0, 0.1) is 0 Å². The van der Waals surface area contributed by atoms with Crippen molar-refractivity contribution in [3.63, 3.8) is 0 Å². The SMILES string of the molecule is COCCC(O)c1ccnn1-c1ccccc1. The van der Waals surface area contributed by atoms with Crippen LogP contribution in [0.15, 0.2) is 42.6 Å². The second-order valence-electron chi connectivity index (χ2n) is 3.80. The highest BCUT2D eigenvalue weighted by Crippen LogP contribution is 2.19. The van der Waals surface area contributed by atoms with E-state index in [4.69, 9.17) is 4.74 Å². The molecule has 1 aromatic carbocycles. The highest BCUT2D eigenvalue weighted by molar-refractivity contribution is 5.32. The van der Waals surface area contributed by atoms with Crippen molar-refractivity contribution in [2.75, 3.05) is 13.7 Å². The summed E-state index contributed by atoms with van der Waals surface area (Å²) in [5, 5.41) is 14.3. The first kappa shape index (κ1) is 11.8. The van der Waals surface area contributed by atoms with Crippen LogP contribution in [-0.2, 0) is 4.74 Å². The molecule has 1 unspecified atom stereocenters. The standard InChI is InChI=1S/C13H16N2O2/c1-17-10-8-13(16)12-7-9-14-15(12)11-5-3-2-4-6-11/h2-7,9,13,16H,8,10H2,1H3. The fraction of sp³-hybridized carbons (Fsp3) is 0.308. The molecule has 2 aromatic rings. The van der Waals surface area contributed by atoms with E-state index in [9.17, 15) is 5.11 Å². The lowest BCUT2D eigenvalue weighted by Gasteiger charge is -2.12. The van der Waals surface area contributed by atoms with Crippen LogP contribution in [0.4, 0.5) is 0 Å². The molecule has 17 heavy (non-hydrogen) atoms. The van der Waals surface area contributed by atoms with E-state index in [1.165, 1.54) is 0 Å². The maximum absolute atomic E-state index is 10.0. The van der Waals surface area contributed by atoms with Gasteiger partial charge in [-0.2, -0.15) is 5.10 Å². The summed E-state index contributed by atoms with van der Waals surface area (Å²) in [6.07, 6.45) is 1.70. The van der Waals surface area contributed by atoms with Crippen LogP contribution in [0.2, 0.25) is 0 Å². The Morgan fingerprint density at radius 3 is 2.76 bits per heavy atom. The molecule has 0 radical (unpaired) electrons. The monoisotopic (exact) mass is 232 g/mol. The molecule has 1 atom stereocenters. The lowest BCUT2D eigenvalue weighted by molar-refractivity contribution is 0.106. The molecule has 0 saturated carbocycles. The number of hydrogen-bond acceptors (Lipinski definition) is 3. The second kappa shape index (κ2) is 5.61. The number of methoxy groups -OCH3 is 1. The first-order valence-electron chi connectivity index (χ1n) is 5.59. The Kier molecular flexibility index (Phi) is 3.90. The van der Waals surface area contributed by atoms with E-state index in [1.54, 1.807) is 18.0 Å². The van der Waals surface area contributed by atoms with Crippen LogP contribution in [0.1, 0.15) is 18.2 Å². The first-order valence-corrected chi connectivity index (χ1v) is 5.59. The van der Waals surface area contributed by atoms with E-state index in [0.717, 1.165) is 11.4 Å². The Morgan fingerprint density at radius 1 is 1.29 bits per heavy atom. The second-order valence-corrected chi connectivity index (χ2v) is 3.80. The van der Waals surface area contributed by atoms with E-state index in [0.29, 0.717) is 13.0 Å². The predicted octanol–water partition coefficient (Wildman–Crippen LogP) is 1.94. The number of aliphatic hydroxyl groups is 1. The average Bonchev–Trinajstić information content (AvgIpc) is 2.86. The van der Waals surface area contributed by atoms with Crippen LogP contribution in [0.5, 0.6) is 0 Å². The third-order valence-electron chi connectivity index (χ3n) is 2.61. The zero-order valence-electron chi connectivity index (χ0n) is 9.78. The fourth-order valence-corrected chi connectivity index (χ4v) is 1.73. The van der Waals surface area contributed by atoms with Gasteiger partial charge in [0.2, 0.25) is 0 Å². The van der Waals surface area contributed by atoms with Gasteiger partial charge in [0.1, 0.15) is 0 Å². The molecule has 1 heterocycles. The van der Waals surface area contributed by atoms with Gasteiger partial charge in [0.15, 0.2) is 0 Å². The van der Waals surface area contributed by atoms with Gasteiger partial charge in [0, 0.05) is 26.3 Å². The quantitative estimate of drug-likeness (QED) is 0.857. The number of hydrogen-bond donors (Lipinski definition) is 1. The summed E-state index contributed by atoms with van der Waals surface area (Å²) < 4.78 is 6.72. The molecule has 0 saturated heterocycles. The lowest BCUT2D eigenvalue weighted by Crippen LogP contribution is -2.09. The van der Waals surface area contributed by atoms with E-state index in [-0.39, 0.29) is 0 Å².